The fourth-order valence-electron chi connectivity index (χ4n) is 4.17. The van der Waals surface area contributed by atoms with Crippen LogP contribution in [0.3, 0.4) is 0 Å². The molecule has 5 rings (SSSR count). The summed E-state index contributed by atoms with van der Waals surface area (Å²) in [6.07, 6.45) is 5.73. The number of hydrogen-bond acceptors (Lipinski definition) is 4. The smallest absolute Gasteiger partial charge is 0.265 e. The van der Waals surface area contributed by atoms with Gasteiger partial charge in [0.25, 0.3) is 0 Å². The van der Waals surface area contributed by atoms with Crippen LogP contribution in [0.5, 0.6) is 0 Å². The SMILES string of the molecule is FC(F)(F)c1ccccc1C1CCCn2nc(/C=C/c3ccc(-c4ccncc4)cn3)nc21. The van der Waals surface area contributed by atoms with Gasteiger partial charge in [0.2, 0.25) is 0 Å². The number of halogens is 3. The van der Waals surface area contributed by atoms with Crippen molar-refractivity contribution in [3.63, 3.8) is 0 Å². The van der Waals surface area contributed by atoms with E-state index in [1.165, 1.54) is 6.07 Å². The molecule has 1 atom stereocenters. The molecule has 1 aromatic carbocycles. The topological polar surface area (TPSA) is 56.5 Å². The van der Waals surface area contributed by atoms with Gasteiger partial charge in [0.05, 0.1) is 11.3 Å². The van der Waals surface area contributed by atoms with E-state index in [1.54, 1.807) is 47.6 Å². The van der Waals surface area contributed by atoms with Gasteiger partial charge < -0.3 is 0 Å². The average molecular weight is 447 g/mol. The molecule has 0 fully saturated rings. The van der Waals surface area contributed by atoms with E-state index >= 15 is 0 Å². The fraction of sp³-hybridized carbons (Fsp3) is 0.200. The minimum atomic E-state index is -4.41. The molecular weight excluding hydrogens is 427 g/mol. The minimum absolute atomic E-state index is 0.252. The first-order chi connectivity index (χ1) is 16.0. The Hall–Kier alpha value is -3.81. The van der Waals surface area contributed by atoms with E-state index in [1.807, 2.05) is 24.3 Å². The molecule has 4 heterocycles. The molecule has 1 aliphatic heterocycles. The lowest BCUT2D eigenvalue weighted by atomic mass is 9.88. The number of alkyl halides is 3. The third-order valence-corrected chi connectivity index (χ3v) is 5.74. The van der Waals surface area contributed by atoms with Crippen molar-refractivity contribution < 1.29 is 13.2 Å². The highest BCUT2D eigenvalue weighted by molar-refractivity contribution is 5.67. The van der Waals surface area contributed by atoms with Gasteiger partial charge in [-0.2, -0.15) is 18.3 Å². The van der Waals surface area contributed by atoms with Crippen LogP contribution in [0.2, 0.25) is 0 Å². The number of fused-ring (bicyclic) bond motifs is 1. The molecule has 1 aliphatic rings. The first kappa shape index (κ1) is 21.1. The summed E-state index contributed by atoms with van der Waals surface area (Å²) >= 11 is 0. The third-order valence-electron chi connectivity index (χ3n) is 5.74. The van der Waals surface area contributed by atoms with Crippen LogP contribution in [0.4, 0.5) is 13.2 Å². The maximum Gasteiger partial charge on any atom is 0.416 e. The van der Waals surface area contributed by atoms with Crippen LogP contribution in [-0.4, -0.2) is 24.7 Å². The number of benzene rings is 1. The Bertz CT molecular complexity index is 1280. The zero-order valence-corrected chi connectivity index (χ0v) is 17.6. The van der Waals surface area contributed by atoms with Crippen molar-refractivity contribution in [2.24, 2.45) is 0 Å². The fourth-order valence-corrected chi connectivity index (χ4v) is 4.17. The molecule has 0 N–H and O–H groups in total. The maximum absolute atomic E-state index is 13.6. The molecule has 0 bridgehead atoms. The van der Waals surface area contributed by atoms with Gasteiger partial charge in [-0.15, -0.1) is 0 Å². The highest BCUT2D eigenvalue weighted by atomic mass is 19.4. The summed E-state index contributed by atoms with van der Waals surface area (Å²) in [5.41, 5.74) is 2.39. The van der Waals surface area contributed by atoms with Crippen molar-refractivity contribution in [3.05, 3.63) is 95.6 Å². The Morgan fingerprint density at radius 1 is 0.939 bits per heavy atom. The zero-order chi connectivity index (χ0) is 22.8. The summed E-state index contributed by atoms with van der Waals surface area (Å²) in [5, 5.41) is 4.50. The predicted octanol–water partition coefficient (Wildman–Crippen LogP) is 5.85. The molecule has 8 heteroatoms. The third kappa shape index (κ3) is 4.41. The molecule has 5 nitrogen and oxygen atoms in total. The van der Waals surface area contributed by atoms with Crippen LogP contribution in [0.15, 0.2) is 67.1 Å². The van der Waals surface area contributed by atoms with Crippen molar-refractivity contribution in [1.29, 1.82) is 0 Å². The van der Waals surface area contributed by atoms with Gasteiger partial charge in [-0.1, -0.05) is 24.3 Å². The quantitative estimate of drug-likeness (QED) is 0.394. The summed E-state index contributed by atoms with van der Waals surface area (Å²) in [5.74, 6) is 0.587. The van der Waals surface area contributed by atoms with E-state index in [9.17, 15) is 13.2 Å². The van der Waals surface area contributed by atoms with Crippen LogP contribution < -0.4 is 0 Å². The Labute approximate surface area is 188 Å². The molecule has 0 aliphatic carbocycles. The van der Waals surface area contributed by atoms with Gasteiger partial charge in [0.1, 0.15) is 5.82 Å². The van der Waals surface area contributed by atoms with Crippen LogP contribution in [0.1, 0.15) is 47.2 Å². The highest BCUT2D eigenvalue weighted by Gasteiger charge is 2.37. The lowest BCUT2D eigenvalue weighted by Gasteiger charge is -2.25. The summed E-state index contributed by atoms with van der Waals surface area (Å²) < 4.78 is 42.4. The molecule has 0 radical (unpaired) electrons. The molecule has 0 saturated carbocycles. The van der Waals surface area contributed by atoms with Gasteiger partial charge in [-0.05, 0) is 60.4 Å². The second-order valence-electron chi connectivity index (χ2n) is 7.87. The second kappa shape index (κ2) is 8.61. The molecule has 166 valence electrons. The number of nitrogens with zero attached hydrogens (tertiary/aromatic N) is 5. The number of pyridine rings is 2. The van der Waals surface area contributed by atoms with E-state index < -0.39 is 17.7 Å². The van der Waals surface area contributed by atoms with Gasteiger partial charge in [0, 0.05) is 36.6 Å². The summed E-state index contributed by atoms with van der Waals surface area (Å²) in [6.45, 7) is 0.639. The Morgan fingerprint density at radius 3 is 2.52 bits per heavy atom. The van der Waals surface area contributed by atoms with E-state index in [4.69, 9.17) is 0 Å². The first-order valence-electron chi connectivity index (χ1n) is 10.6. The lowest BCUT2D eigenvalue weighted by Crippen LogP contribution is -2.21. The summed E-state index contributed by atoms with van der Waals surface area (Å²) in [6, 6.07) is 13.4. The van der Waals surface area contributed by atoms with Gasteiger partial charge in [-0.25, -0.2) is 9.67 Å². The van der Waals surface area contributed by atoms with Crippen molar-refractivity contribution in [1.82, 2.24) is 24.7 Å². The van der Waals surface area contributed by atoms with Crippen LogP contribution in [0, 0.1) is 0 Å². The molecule has 3 aromatic heterocycles. The van der Waals surface area contributed by atoms with Crippen LogP contribution in [0.25, 0.3) is 23.3 Å². The lowest BCUT2D eigenvalue weighted by molar-refractivity contribution is -0.138. The van der Waals surface area contributed by atoms with E-state index in [0.29, 0.717) is 24.6 Å². The minimum Gasteiger partial charge on any atom is -0.265 e. The monoisotopic (exact) mass is 447 g/mol. The summed E-state index contributed by atoms with van der Waals surface area (Å²) in [4.78, 5) is 13.1. The average Bonchev–Trinajstić information content (AvgIpc) is 3.26. The number of hydrogen-bond donors (Lipinski definition) is 0. The van der Waals surface area contributed by atoms with Gasteiger partial charge >= 0.3 is 6.18 Å². The number of aromatic nitrogens is 5. The van der Waals surface area contributed by atoms with E-state index in [2.05, 4.69) is 20.1 Å². The van der Waals surface area contributed by atoms with Crippen molar-refractivity contribution in [2.45, 2.75) is 31.5 Å². The second-order valence-corrected chi connectivity index (χ2v) is 7.87. The first-order valence-corrected chi connectivity index (χ1v) is 10.6. The molecule has 0 spiro atoms. The largest absolute Gasteiger partial charge is 0.416 e. The van der Waals surface area contributed by atoms with Crippen molar-refractivity contribution in [2.75, 3.05) is 0 Å². The van der Waals surface area contributed by atoms with E-state index in [0.717, 1.165) is 29.3 Å². The summed E-state index contributed by atoms with van der Waals surface area (Å²) in [7, 11) is 0. The van der Waals surface area contributed by atoms with Crippen molar-refractivity contribution >= 4 is 12.2 Å². The molecule has 1 unspecified atom stereocenters. The molecule has 4 aromatic rings. The normalized spacial score (nSPS) is 16.2. The predicted molar refractivity (Wildman–Crippen MR) is 119 cm³/mol. The van der Waals surface area contributed by atoms with Crippen molar-refractivity contribution in [3.8, 4) is 11.1 Å². The molecule has 0 saturated heterocycles. The molecule has 33 heavy (non-hydrogen) atoms. The van der Waals surface area contributed by atoms with Gasteiger partial charge in [-0.3, -0.25) is 9.97 Å². The van der Waals surface area contributed by atoms with Gasteiger partial charge in [0.15, 0.2) is 5.82 Å². The standard InChI is InChI=1S/C25H20F3N5/c26-25(27,28)22-6-2-1-4-20(22)21-5-3-15-33-24(21)31-23(32-33)10-9-19-8-7-18(16-30-19)17-11-13-29-14-12-17/h1-2,4,6-14,16,21H,3,5,15H2/b10-9+. The van der Waals surface area contributed by atoms with E-state index in [-0.39, 0.29) is 5.56 Å². The Balaban J connectivity index is 1.40. The zero-order valence-electron chi connectivity index (χ0n) is 17.6. The molecular formula is C25H20F3N5. The van der Waals surface area contributed by atoms with Crippen LogP contribution >= 0.6 is 0 Å². The maximum atomic E-state index is 13.6. The molecule has 0 amide bonds. The Morgan fingerprint density at radius 2 is 1.76 bits per heavy atom. The number of aryl methyl sites for hydroxylation is 1. The van der Waals surface area contributed by atoms with Crippen LogP contribution in [-0.2, 0) is 12.7 Å². The highest BCUT2D eigenvalue weighted by Crippen LogP contribution is 2.40. The Kier molecular flexibility index (Phi) is 5.50. The number of rotatable bonds is 4.